The fraction of sp³-hybridized carbons (Fsp3) is 0.833. The van der Waals surface area contributed by atoms with Crippen LogP contribution in [0.15, 0.2) is 4.52 Å². The number of likely N-dealkylation sites (N-methyl/N-ethyl adjacent to an activating group) is 1. The van der Waals surface area contributed by atoms with Gasteiger partial charge in [0.15, 0.2) is 0 Å². The van der Waals surface area contributed by atoms with E-state index in [1.54, 1.807) is 0 Å². The second-order valence-electron chi connectivity index (χ2n) is 4.85. The van der Waals surface area contributed by atoms with E-state index in [2.05, 4.69) is 34.2 Å². The molecule has 0 amide bonds. The van der Waals surface area contributed by atoms with Crippen molar-refractivity contribution < 1.29 is 4.52 Å². The van der Waals surface area contributed by atoms with E-state index in [1.165, 1.54) is 19.3 Å². The predicted molar refractivity (Wildman–Crippen MR) is 67.3 cm³/mol. The predicted octanol–water partition coefficient (Wildman–Crippen LogP) is 1.77. The van der Waals surface area contributed by atoms with Crippen molar-refractivity contribution in [3.8, 4) is 0 Å². The maximum absolute atomic E-state index is 5.36. The van der Waals surface area contributed by atoms with E-state index < -0.39 is 0 Å². The first-order valence-corrected chi connectivity index (χ1v) is 6.48. The number of nitrogens with one attached hydrogen (secondary N) is 1. The summed E-state index contributed by atoms with van der Waals surface area (Å²) in [6.07, 6.45) is 3.77. The molecule has 17 heavy (non-hydrogen) atoms. The average Bonchev–Trinajstić information content (AvgIpc) is 2.87. The standard InChI is InChI=1S/C12H22N4O/c1-9(10(2)13-3)11-14-12(15-17-11)16-7-5-4-6-8-16/h9-10,13H,4-8H2,1-3H3. The minimum Gasteiger partial charge on any atom is -0.338 e. The second kappa shape index (κ2) is 5.49. The van der Waals surface area contributed by atoms with Gasteiger partial charge in [0.05, 0.1) is 5.92 Å². The summed E-state index contributed by atoms with van der Waals surface area (Å²) in [6.45, 7) is 6.33. The van der Waals surface area contributed by atoms with Gasteiger partial charge in [-0.1, -0.05) is 6.92 Å². The van der Waals surface area contributed by atoms with Crippen molar-refractivity contribution >= 4 is 5.95 Å². The molecule has 1 aromatic heterocycles. The van der Waals surface area contributed by atoms with E-state index in [0.717, 1.165) is 24.9 Å². The zero-order valence-corrected chi connectivity index (χ0v) is 10.9. The third kappa shape index (κ3) is 2.77. The molecule has 96 valence electrons. The lowest BCUT2D eigenvalue weighted by atomic mass is 10.0. The summed E-state index contributed by atoms with van der Waals surface area (Å²) >= 11 is 0. The van der Waals surface area contributed by atoms with Gasteiger partial charge in [-0.05, 0) is 38.4 Å². The van der Waals surface area contributed by atoms with Crippen LogP contribution >= 0.6 is 0 Å². The normalized spacial score (nSPS) is 20.3. The molecule has 2 atom stereocenters. The van der Waals surface area contributed by atoms with Crippen LogP contribution in [0.2, 0.25) is 0 Å². The molecule has 1 saturated heterocycles. The number of hydrogen-bond acceptors (Lipinski definition) is 5. The van der Waals surface area contributed by atoms with Gasteiger partial charge >= 0.3 is 0 Å². The highest BCUT2D eigenvalue weighted by Gasteiger charge is 2.22. The summed E-state index contributed by atoms with van der Waals surface area (Å²) in [5, 5.41) is 7.30. The quantitative estimate of drug-likeness (QED) is 0.866. The maximum Gasteiger partial charge on any atom is 0.266 e. The monoisotopic (exact) mass is 238 g/mol. The van der Waals surface area contributed by atoms with Crippen LogP contribution in [-0.4, -0.2) is 36.3 Å². The van der Waals surface area contributed by atoms with Gasteiger partial charge in [-0.2, -0.15) is 4.98 Å². The van der Waals surface area contributed by atoms with Crippen molar-refractivity contribution in [3.05, 3.63) is 5.89 Å². The molecule has 0 aliphatic carbocycles. The van der Waals surface area contributed by atoms with Gasteiger partial charge in [0.2, 0.25) is 5.89 Å². The molecule has 2 rings (SSSR count). The molecule has 1 aliphatic heterocycles. The zero-order valence-electron chi connectivity index (χ0n) is 10.9. The van der Waals surface area contributed by atoms with Crippen LogP contribution in [0.5, 0.6) is 0 Å². The topological polar surface area (TPSA) is 54.2 Å². The fourth-order valence-corrected chi connectivity index (χ4v) is 2.10. The van der Waals surface area contributed by atoms with Crippen molar-refractivity contribution in [3.63, 3.8) is 0 Å². The number of nitrogens with zero attached hydrogens (tertiary/aromatic N) is 3. The lowest BCUT2D eigenvalue weighted by Gasteiger charge is -2.24. The molecule has 0 radical (unpaired) electrons. The summed E-state index contributed by atoms with van der Waals surface area (Å²) < 4.78 is 5.36. The van der Waals surface area contributed by atoms with E-state index in [0.29, 0.717) is 6.04 Å². The lowest BCUT2D eigenvalue weighted by molar-refractivity contribution is 0.335. The Bertz CT molecular complexity index is 330. The summed E-state index contributed by atoms with van der Waals surface area (Å²) in [4.78, 5) is 6.73. The molecule has 5 heteroatoms. The molecule has 0 aromatic carbocycles. The Hall–Kier alpha value is -1.10. The van der Waals surface area contributed by atoms with Gasteiger partial charge in [-0.15, -0.1) is 0 Å². The van der Waals surface area contributed by atoms with Crippen molar-refractivity contribution in [1.29, 1.82) is 0 Å². The Morgan fingerprint density at radius 3 is 2.59 bits per heavy atom. The van der Waals surface area contributed by atoms with Crippen LogP contribution < -0.4 is 10.2 Å². The molecule has 1 aliphatic rings. The minimum absolute atomic E-state index is 0.242. The van der Waals surface area contributed by atoms with E-state index in [1.807, 2.05) is 7.05 Å². The van der Waals surface area contributed by atoms with Crippen molar-refractivity contribution in [2.75, 3.05) is 25.0 Å². The first-order valence-electron chi connectivity index (χ1n) is 6.48. The summed E-state index contributed by atoms with van der Waals surface area (Å²) in [5.41, 5.74) is 0. The molecular weight excluding hydrogens is 216 g/mol. The summed E-state index contributed by atoms with van der Waals surface area (Å²) in [5.74, 6) is 1.73. The van der Waals surface area contributed by atoms with Gasteiger partial charge in [0.1, 0.15) is 0 Å². The lowest BCUT2D eigenvalue weighted by Crippen LogP contribution is -2.30. The van der Waals surface area contributed by atoms with Crippen molar-refractivity contribution in [2.24, 2.45) is 0 Å². The Labute approximate surface area is 103 Å². The highest BCUT2D eigenvalue weighted by atomic mass is 16.5. The van der Waals surface area contributed by atoms with Gasteiger partial charge in [0.25, 0.3) is 5.95 Å². The number of hydrogen-bond donors (Lipinski definition) is 1. The zero-order chi connectivity index (χ0) is 12.3. The van der Waals surface area contributed by atoms with Gasteiger partial charge in [-0.3, -0.25) is 0 Å². The Morgan fingerprint density at radius 1 is 1.24 bits per heavy atom. The Balaban J connectivity index is 2.04. The highest BCUT2D eigenvalue weighted by Crippen LogP contribution is 2.21. The Morgan fingerprint density at radius 2 is 1.94 bits per heavy atom. The van der Waals surface area contributed by atoms with Gasteiger partial charge < -0.3 is 14.7 Å². The number of piperidine rings is 1. The fourth-order valence-electron chi connectivity index (χ4n) is 2.10. The smallest absolute Gasteiger partial charge is 0.266 e. The van der Waals surface area contributed by atoms with E-state index >= 15 is 0 Å². The van der Waals surface area contributed by atoms with Crippen LogP contribution in [0.3, 0.4) is 0 Å². The molecule has 0 bridgehead atoms. The molecule has 0 spiro atoms. The third-order valence-corrected chi connectivity index (χ3v) is 3.66. The van der Waals surface area contributed by atoms with Gasteiger partial charge in [-0.25, -0.2) is 0 Å². The van der Waals surface area contributed by atoms with E-state index in [4.69, 9.17) is 4.52 Å². The molecule has 0 saturated carbocycles. The van der Waals surface area contributed by atoms with Gasteiger partial charge in [0, 0.05) is 19.1 Å². The van der Waals surface area contributed by atoms with Crippen LogP contribution in [0, 0.1) is 0 Å². The number of rotatable bonds is 4. The van der Waals surface area contributed by atoms with Crippen LogP contribution in [0.4, 0.5) is 5.95 Å². The largest absolute Gasteiger partial charge is 0.338 e. The van der Waals surface area contributed by atoms with Crippen molar-refractivity contribution in [1.82, 2.24) is 15.5 Å². The highest BCUT2D eigenvalue weighted by molar-refractivity contribution is 5.28. The van der Waals surface area contributed by atoms with Crippen LogP contribution in [-0.2, 0) is 0 Å². The summed E-state index contributed by atoms with van der Waals surface area (Å²) in [7, 11) is 1.95. The SMILES string of the molecule is CNC(C)C(C)c1nc(N2CCCCC2)no1. The first-order chi connectivity index (χ1) is 8.22. The maximum atomic E-state index is 5.36. The van der Waals surface area contributed by atoms with Crippen molar-refractivity contribution in [2.45, 2.75) is 45.1 Å². The number of aromatic nitrogens is 2. The minimum atomic E-state index is 0.242. The second-order valence-corrected chi connectivity index (χ2v) is 4.85. The van der Waals surface area contributed by atoms with Crippen LogP contribution in [0.1, 0.15) is 44.9 Å². The molecule has 1 N–H and O–H groups in total. The number of anilines is 1. The molecule has 1 fully saturated rings. The molecule has 1 aromatic rings. The van der Waals surface area contributed by atoms with E-state index in [9.17, 15) is 0 Å². The van der Waals surface area contributed by atoms with Crippen LogP contribution in [0.25, 0.3) is 0 Å². The molecule has 2 heterocycles. The van der Waals surface area contributed by atoms with E-state index in [-0.39, 0.29) is 5.92 Å². The average molecular weight is 238 g/mol. The Kier molecular flexibility index (Phi) is 3.99. The summed E-state index contributed by atoms with van der Waals surface area (Å²) in [6, 6.07) is 0.338. The first kappa shape index (κ1) is 12.4. The molecule has 2 unspecified atom stereocenters. The molecule has 5 nitrogen and oxygen atoms in total. The molecular formula is C12H22N4O. The third-order valence-electron chi connectivity index (χ3n) is 3.66.